The number of aryl methyl sites for hydroxylation is 1. The maximum atomic E-state index is 12.6. The lowest BCUT2D eigenvalue weighted by Crippen LogP contribution is -2.47. The molecule has 1 atom stereocenters. The van der Waals surface area contributed by atoms with E-state index in [1.165, 1.54) is 11.3 Å². The average Bonchev–Trinajstić information content (AvgIpc) is 3.22. The number of rotatable bonds is 7. The zero-order valence-electron chi connectivity index (χ0n) is 17.3. The lowest BCUT2D eigenvalue weighted by Gasteiger charge is -2.32. The first-order valence-corrected chi connectivity index (χ1v) is 10.8. The Labute approximate surface area is 176 Å². The van der Waals surface area contributed by atoms with Gasteiger partial charge in [-0.2, -0.15) is 0 Å². The Morgan fingerprint density at radius 2 is 1.79 bits per heavy atom. The highest BCUT2D eigenvalue weighted by atomic mass is 32.1. The maximum Gasteiger partial charge on any atom is 0.261 e. The van der Waals surface area contributed by atoms with Crippen molar-refractivity contribution in [1.82, 2.24) is 15.1 Å². The minimum atomic E-state index is -0.0993. The van der Waals surface area contributed by atoms with Crippen LogP contribution in [-0.4, -0.2) is 62.0 Å². The molecule has 2 amide bonds. The molecule has 29 heavy (non-hydrogen) atoms. The molecule has 0 saturated carbocycles. The molecule has 1 unspecified atom stereocenters. The number of benzene rings is 1. The molecule has 1 aromatic carbocycles. The van der Waals surface area contributed by atoms with Gasteiger partial charge in [0.05, 0.1) is 18.0 Å². The van der Waals surface area contributed by atoms with Crippen molar-refractivity contribution < 1.29 is 14.3 Å². The van der Waals surface area contributed by atoms with Crippen LogP contribution in [0.2, 0.25) is 0 Å². The third kappa shape index (κ3) is 5.81. The number of ether oxygens (including phenoxy) is 1. The molecule has 3 rings (SSSR count). The van der Waals surface area contributed by atoms with Gasteiger partial charge in [0.15, 0.2) is 0 Å². The Morgan fingerprint density at radius 1 is 1.10 bits per heavy atom. The average molecular weight is 416 g/mol. The van der Waals surface area contributed by atoms with Gasteiger partial charge in [0.1, 0.15) is 5.75 Å². The highest BCUT2D eigenvalue weighted by Gasteiger charge is 2.19. The van der Waals surface area contributed by atoms with Crippen molar-refractivity contribution in [1.29, 1.82) is 0 Å². The fraction of sp³-hybridized carbons (Fsp3) is 0.455. The van der Waals surface area contributed by atoms with E-state index in [0.717, 1.165) is 42.4 Å². The van der Waals surface area contributed by atoms with Gasteiger partial charge in [0.2, 0.25) is 5.91 Å². The van der Waals surface area contributed by atoms with Crippen LogP contribution < -0.4 is 10.1 Å². The fourth-order valence-electron chi connectivity index (χ4n) is 3.32. The lowest BCUT2D eigenvalue weighted by atomic mass is 10.1. The van der Waals surface area contributed by atoms with E-state index in [1.807, 2.05) is 48.2 Å². The van der Waals surface area contributed by atoms with Crippen molar-refractivity contribution in [3.05, 3.63) is 51.7 Å². The molecule has 2 heterocycles. The molecule has 0 radical (unpaired) electrons. The van der Waals surface area contributed by atoms with Crippen LogP contribution in [0.5, 0.6) is 5.75 Å². The largest absolute Gasteiger partial charge is 0.497 e. The molecule has 156 valence electrons. The third-order valence-electron chi connectivity index (χ3n) is 5.29. The molecular formula is C22H29N3O3S. The topological polar surface area (TPSA) is 61.9 Å². The van der Waals surface area contributed by atoms with Gasteiger partial charge in [0, 0.05) is 37.5 Å². The minimum Gasteiger partial charge on any atom is -0.497 e. The molecular weight excluding hydrogens is 386 g/mol. The van der Waals surface area contributed by atoms with Crippen molar-refractivity contribution in [3.8, 4) is 5.75 Å². The number of nitrogens with one attached hydrogen (secondary N) is 1. The van der Waals surface area contributed by atoms with Crippen molar-refractivity contribution in [2.75, 3.05) is 40.3 Å². The molecule has 6 nitrogen and oxygen atoms in total. The van der Waals surface area contributed by atoms with E-state index >= 15 is 0 Å². The first-order valence-electron chi connectivity index (χ1n) is 9.96. The predicted molar refractivity (Wildman–Crippen MR) is 116 cm³/mol. The van der Waals surface area contributed by atoms with Crippen molar-refractivity contribution in [2.45, 2.75) is 25.8 Å². The summed E-state index contributed by atoms with van der Waals surface area (Å²) >= 11 is 1.46. The summed E-state index contributed by atoms with van der Waals surface area (Å²) in [4.78, 5) is 30.9. The number of likely N-dealkylation sites (N-methyl/N-ethyl adjacent to an activating group) is 1. The summed E-state index contributed by atoms with van der Waals surface area (Å²) in [5.41, 5.74) is 1.02. The Bertz CT molecular complexity index is 826. The molecule has 1 aliphatic rings. The zero-order chi connectivity index (χ0) is 20.8. The molecule has 1 aliphatic heterocycles. The van der Waals surface area contributed by atoms with Crippen molar-refractivity contribution in [3.63, 3.8) is 0 Å². The van der Waals surface area contributed by atoms with Gasteiger partial charge in [-0.05, 0) is 50.2 Å². The smallest absolute Gasteiger partial charge is 0.261 e. The zero-order valence-corrected chi connectivity index (χ0v) is 18.1. The summed E-state index contributed by atoms with van der Waals surface area (Å²) < 4.78 is 5.17. The van der Waals surface area contributed by atoms with E-state index in [0.29, 0.717) is 17.7 Å². The predicted octanol–water partition coefficient (Wildman–Crippen LogP) is 2.95. The van der Waals surface area contributed by atoms with Gasteiger partial charge in [0.25, 0.3) is 5.91 Å². The van der Waals surface area contributed by atoms with Gasteiger partial charge < -0.3 is 19.9 Å². The molecule has 7 heteroatoms. The lowest BCUT2D eigenvalue weighted by molar-refractivity contribution is -0.132. The van der Waals surface area contributed by atoms with Crippen LogP contribution >= 0.6 is 11.3 Å². The first-order chi connectivity index (χ1) is 14.0. The molecule has 1 fully saturated rings. The second-order valence-corrected chi connectivity index (χ2v) is 8.59. The number of thiophene rings is 1. The van der Waals surface area contributed by atoms with Gasteiger partial charge in [-0.25, -0.2) is 0 Å². The van der Waals surface area contributed by atoms with Crippen LogP contribution in [0.4, 0.5) is 0 Å². The van der Waals surface area contributed by atoms with E-state index < -0.39 is 0 Å². The third-order valence-corrected chi connectivity index (χ3v) is 6.43. The first kappa shape index (κ1) is 21.3. The van der Waals surface area contributed by atoms with Crippen LogP contribution in [0.3, 0.4) is 0 Å². The van der Waals surface area contributed by atoms with Gasteiger partial charge >= 0.3 is 0 Å². The standard InChI is InChI=1S/C22H29N3O3S/c1-16(17-4-6-18(28-3)7-5-17)23-22(27)20-10-8-19(29-20)9-11-21(26)25-14-12-24(2)13-15-25/h4-8,10,16H,9,11-15H2,1-3H3,(H,23,27). The number of amides is 2. The van der Waals surface area contributed by atoms with E-state index in [-0.39, 0.29) is 17.9 Å². The highest BCUT2D eigenvalue weighted by Crippen LogP contribution is 2.21. The minimum absolute atomic E-state index is 0.0880. The summed E-state index contributed by atoms with van der Waals surface area (Å²) in [6.45, 7) is 5.43. The monoisotopic (exact) mass is 415 g/mol. The van der Waals surface area contributed by atoms with Crippen LogP contribution in [0.15, 0.2) is 36.4 Å². The maximum absolute atomic E-state index is 12.6. The van der Waals surface area contributed by atoms with Crippen LogP contribution in [0.25, 0.3) is 0 Å². The summed E-state index contributed by atoms with van der Waals surface area (Å²) in [6.07, 6.45) is 1.17. The summed E-state index contributed by atoms with van der Waals surface area (Å²) in [5, 5.41) is 3.03. The van der Waals surface area contributed by atoms with Crippen molar-refractivity contribution in [2.24, 2.45) is 0 Å². The molecule has 0 bridgehead atoms. The summed E-state index contributed by atoms with van der Waals surface area (Å²) in [6, 6.07) is 11.4. The van der Waals surface area contributed by atoms with E-state index in [2.05, 4.69) is 17.3 Å². The number of hydrogen-bond acceptors (Lipinski definition) is 5. The van der Waals surface area contributed by atoms with Gasteiger partial charge in [-0.3, -0.25) is 9.59 Å². The number of carbonyl (C=O) groups excluding carboxylic acids is 2. The van der Waals surface area contributed by atoms with Crippen molar-refractivity contribution >= 4 is 23.2 Å². The van der Waals surface area contributed by atoms with Gasteiger partial charge in [-0.15, -0.1) is 11.3 Å². The van der Waals surface area contributed by atoms with E-state index in [4.69, 9.17) is 4.74 Å². The SMILES string of the molecule is COc1ccc(C(C)NC(=O)c2ccc(CCC(=O)N3CCN(C)CC3)s2)cc1. The normalized spacial score (nSPS) is 15.8. The van der Waals surface area contributed by atoms with Crippen LogP contribution in [-0.2, 0) is 11.2 Å². The summed E-state index contributed by atoms with van der Waals surface area (Å²) in [5.74, 6) is 0.905. The molecule has 1 saturated heterocycles. The number of carbonyl (C=O) groups is 2. The summed E-state index contributed by atoms with van der Waals surface area (Å²) in [7, 11) is 3.71. The quantitative estimate of drug-likeness (QED) is 0.755. The fourth-order valence-corrected chi connectivity index (χ4v) is 4.23. The highest BCUT2D eigenvalue weighted by molar-refractivity contribution is 7.14. The van der Waals surface area contributed by atoms with E-state index in [9.17, 15) is 9.59 Å². The number of piperazine rings is 1. The van der Waals surface area contributed by atoms with Crippen LogP contribution in [0.1, 0.15) is 39.5 Å². The van der Waals surface area contributed by atoms with E-state index in [1.54, 1.807) is 7.11 Å². The Hall–Kier alpha value is -2.38. The molecule has 1 N–H and O–H groups in total. The Morgan fingerprint density at radius 3 is 2.45 bits per heavy atom. The molecule has 2 aromatic rings. The van der Waals surface area contributed by atoms with Crippen LogP contribution in [0, 0.1) is 0 Å². The molecule has 1 aromatic heterocycles. The molecule has 0 aliphatic carbocycles. The second kappa shape index (κ2) is 9.89. The number of methoxy groups -OCH3 is 1. The molecule has 0 spiro atoms. The Balaban J connectivity index is 1.49. The Kier molecular flexibility index (Phi) is 7.28. The second-order valence-electron chi connectivity index (χ2n) is 7.42. The van der Waals surface area contributed by atoms with Gasteiger partial charge in [-0.1, -0.05) is 12.1 Å². The number of nitrogens with zero attached hydrogens (tertiary/aromatic N) is 2. The number of hydrogen-bond donors (Lipinski definition) is 1.